The number of carbonyl (C=O) groups excluding carboxylic acids is 1. The lowest BCUT2D eigenvalue weighted by molar-refractivity contribution is -0.117. The number of nitrogens with zero attached hydrogens (tertiary/aromatic N) is 3. The minimum absolute atomic E-state index is 0.103. The van der Waals surface area contributed by atoms with E-state index in [1.807, 2.05) is 49.5 Å². The third-order valence-corrected chi connectivity index (χ3v) is 5.61. The standard InChI is InChI=1S/C21H21N5OS/c1-14(19-10-12-23-21(25-19)26-28-18-8-9-18)20(27)24-17-6-4-15(5-7-17)16-3-2-11-22-13-16/h2-7,10-14,18H,8-9H2,1H3,(H,24,27)(H,23,25,26). The van der Waals surface area contributed by atoms with E-state index in [-0.39, 0.29) is 11.8 Å². The lowest BCUT2D eigenvalue weighted by Gasteiger charge is -2.13. The summed E-state index contributed by atoms with van der Waals surface area (Å²) in [5.41, 5.74) is 3.54. The van der Waals surface area contributed by atoms with Gasteiger partial charge in [0.2, 0.25) is 11.9 Å². The molecule has 1 aromatic carbocycles. The Morgan fingerprint density at radius 1 is 1.11 bits per heavy atom. The van der Waals surface area contributed by atoms with Crippen molar-refractivity contribution < 1.29 is 4.79 Å². The summed E-state index contributed by atoms with van der Waals surface area (Å²) in [5, 5.41) is 3.61. The molecule has 2 heterocycles. The molecule has 1 unspecified atom stereocenters. The van der Waals surface area contributed by atoms with E-state index < -0.39 is 0 Å². The highest BCUT2D eigenvalue weighted by Crippen LogP contribution is 2.33. The number of carbonyl (C=O) groups is 1. The number of amides is 1. The van der Waals surface area contributed by atoms with E-state index in [2.05, 4.69) is 25.0 Å². The molecular formula is C21H21N5OS. The molecule has 0 spiro atoms. The summed E-state index contributed by atoms with van der Waals surface area (Å²) in [6.07, 6.45) is 7.71. The Morgan fingerprint density at radius 3 is 2.64 bits per heavy atom. The summed E-state index contributed by atoms with van der Waals surface area (Å²) >= 11 is 1.65. The van der Waals surface area contributed by atoms with Crippen LogP contribution in [0.1, 0.15) is 31.4 Å². The van der Waals surface area contributed by atoms with Gasteiger partial charge in [-0.1, -0.05) is 18.2 Å². The Morgan fingerprint density at radius 2 is 1.93 bits per heavy atom. The molecule has 1 aliphatic rings. The molecule has 1 saturated carbocycles. The number of anilines is 2. The molecule has 0 aliphatic heterocycles. The van der Waals surface area contributed by atoms with Gasteiger partial charge < -0.3 is 5.32 Å². The molecule has 1 atom stereocenters. The second-order valence-electron chi connectivity index (χ2n) is 6.75. The summed E-state index contributed by atoms with van der Waals surface area (Å²) < 4.78 is 3.17. The number of hydrogen-bond acceptors (Lipinski definition) is 6. The molecule has 28 heavy (non-hydrogen) atoms. The lowest BCUT2D eigenvalue weighted by Crippen LogP contribution is -2.20. The van der Waals surface area contributed by atoms with Gasteiger partial charge in [0.25, 0.3) is 0 Å². The lowest BCUT2D eigenvalue weighted by atomic mass is 10.1. The number of rotatable bonds is 7. The second-order valence-corrected chi connectivity index (χ2v) is 7.86. The number of hydrogen-bond donors (Lipinski definition) is 2. The molecule has 4 rings (SSSR count). The molecule has 142 valence electrons. The van der Waals surface area contributed by atoms with Gasteiger partial charge in [0.15, 0.2) is 0 Å². The largest absolute Gasteiger partial charge is 0.326 e. The van der Waals surface area contributed by atoms with Crippen LogP contribution in [0.3, 0.4) is 0 Å². The Labute approximate surface area is 168 Å². The van der Waals surface area contributed by atoms with Crippen molar-refractivity contribution in [2.24, 2.45) is 0 Å². The van der Waals surface area contributed by atoms with Gasteiger partial charge in [-0.3, -0.25) is 14.5 Å². The molecule has 7 heteroatoms. The fourth-order valence-electron chi connectivity index (χ4n) is 2.65. The zero-order valence-electron chi connectivity index (χ0n) is 15.5. The van der Waals surface area contributed by atoms with Crippen LogP contribution < -0.4 is 10.0 Å². The van der Waals surface area contributed by atoms with Gasteiger partial charge in [-0.2, -0.15) is 0 Å². The van der Waals surface area contributed by atoms with E-state index in [1.54, 1.807) is 30.4 Å². The minimum Gasteiger partial charge on any atom is -0.326 e. The average Bonchev–Trinajstić information content (AvgIpc) is 3.58. The summed E-state index contributed by atoms with van der Waals surface area (Å²) in [4.78, 5) is 25.5. The minimum atomic E-state index is -0.382. The predicted octanol–water partition coefficient (Wildman–Crippen LogP) is 4.50. The molecular weight excluding hydrogens is 370 g/mol. The number of aromatic nitrogens is 3. The third kappa shape index (κ3) is 4.67. The summed E-state index contributed by atoms with van der Waals surface area (Å²) in [5.74, 6) is 0.0657. The van der Waals surface area contributed by atoms with E-state index in [9.17, 15) is 4.79 Å². The quantitative estimate of drug-likeness (QED) is 0.577. The van der Waals surface area contributed by atoms with Crippen LogP contribution in [0.4, 0.5) is 11.6 Å². The topological polar surface area (TPSA) is 79.8 Å². The van der Waals surface area contributed by atoms with Crippen LogP contribution in [-0.2, 0) is 4.79 Å². The Kier molecular flexibility index (Phi) is 5.53. The van der Waals surface area contributed by atoms with Gasteiger partial charge in [-0.15, -0.1) is 0 Å². The molecule has 3 aromatic rings. The van der Waals surface area contributed by atoms with E-state index in [0.29, 0.717) is 16.9 Å². The van der Waals surface area contributed by atoms with E-state index in [0.717, 1.165) is 16.8 Å². The van der Waals surface area contributed by atoms with E-state index in [4.69, 9.17) is 0 Å². The first-order valence-electron chi connectivity index (χ1n) is 9.25. The van der Waals surface area contributed by atoms with Crippen LogP contribution in [0.5, 0.6) is 0 Å². The van der Waals surface area contributed by atoms with Crippen molar-refractivity contribution in [1.82, 2.24) is 15.0 Å². The van der Waals surface area contributed by atoms with Crippen molar-refractivity contribution in [3.8, 4) is 11.1 Å². The second kappa shape index (κ2) is 8.39. The van der Waals surface area contributed by atoms with Crippen molar-refractivity contribution in [1.29, 1.82) is 0 Å². The smallest absolute Gasteiger partial charge is 0.233 e. The maximum Gasteiger partial charge on any atom is 0.233 e. The zero-order chi connectivity index (χ0) is 19.3. The van der Waals surface area contributed by atoms with Crippen LogP contribution in [0.25, 0.3) is 11.1 Å². The molecule has 0 bridgehead atoms. The monoisotopic (exact) mass is 391 g/mol. The molecule has 2 N–H and O–H groups in total. The van der Waals surface area contributed by atoms with Crippen molar-refractivity contribution >= 4 is 29.5 Å². The Bertz CT molecular complexity index is 945. The van der Waals surface area contributed by atoms with E-state index >= 15 is 0 Å². The van der Waals surface area contributed by atoms with Gasteiger partial charge in [-0.05, 0) is 67.1 Å². The van der Waals surface area contributed by atoms with Crippen molar-refractivity contribution in [3.63, 3.8) is 0 Å². The molecule has 0 radical (unpaired) electrons. The third-order valence-electron chi connectivity index (χ3n) is 4.50. The molecule has 0 saturated heterocycles. The molecule has 6 nitrogen and oxygen atoms in total. The fraction of sp³-hybridized carbons (Fsp3) is 0.238. The van der Waals surface area contributed by atoms with Crippen molar-refractivity contribution in [2.75, 3.05) is 10.0 Å². The van der Waals surface area contributed by atoms with E-state index in [1.165, 1.54) is 12.8 Å². The van der Waals surface area contributed by atoms with Crippen LogP contribution >= 0.6 is 11.9 Å². The summed E-state index contributed by atoms with van der Waals surface area (Å²) in [6.45, 7) is 1.85. The molecule has 1 aliphatic carbocycles. The van der Waals surface area contributed by atoms with Crippen LogP contribution in [0.15, 0.2) is 61.1 Å². The van der Waals surface area contributed by atoms with Gasteiger partial charge in [-0.25, -0.2) is 9.97 Å². The SMILES string of the molecule is CC(C(=O)Nc1ccc(-c2cccnc2)cc1)c1ccnc(NSC2CC2)n1. The molecule has 1 amide bonds. The van der Waals surface area contributed by atoms with Gasteiger partial charge >= 0.3 is 0 Å². The highest BCUT2D eigenvalue weighted by molar-refractivity contribution is 8.01. The zero-order valence-corrected chi connectivity index (χ0v) is 16.3. The first kappa shape index (κ1) is 18.4. The Balaban J connectivity index is 1.39. The van der Waals surface area contributed by atoms with Crippen molar-refractivity contribution in [2.45, 2.75) is 30.9 Å². The number of pyridine rings is 1. The normalized spacial score (nSPS) is 14.3. The van der Waals surface area contributed by atoms with Crippen LogP contribution in [-0.4, -0.2) is 26.1 Å². The van der Waals surface area contributed by atoms with Crippen LogP contribution in [0.2, 0.25) is 0 Å². The van der Waals surface area contributed by atoms with Gasteiger partial charge in [0, 0.05) is 29.5 Å². The predicted molar refractivity (Wildman–Crippen MR) is 113 cm³/mol. The number of benzene rings is 1. The first-order valence-corrected chi connectivity index (χ1v) is 10.1. The van der Waals surface area contributed by atoms with Crippen LogP contribution in [0, 0.1) is 0 Å². The highest BCUT2D eigenvalue weighted by atomic mass is 32.2. The fourth-order valence-corrected chi connectivity index (χ4v) is 3.39. The summed E-state index contributed by atoms with van der Waals surface area (Å²) in [6, 6.07) is 13.4. The average molecular weight is 392 g/mol. The molecule has 1 fully saturated rings. The molecule has 2 aromatic heterocycles. The first-order chi connectivity index (χ1) is 13.7. The maximum atomic E-state index is 12.6. The summed E-state index contributed by atoms with van der Waals surface area (Å²) in [7, 11) is 0. The number of nitrogens with one attached hydrogen (secondary N) is 2. The Hall–Kier alpha value is -2.93. The van der Waals surface area contributed by atoms with Crippen molar-refractivity contribution in [3.05, 3.63) is 66.7 Å². The van der Waals surface area contributed by atoms with Gasteiger partial charge in [0.1, 0.15) is 0 Å². The highest BCUT2D eigenvalue weighted by Gasteiger charge is 2.23. The van der Waals surface area contributed by atoms with Gasteiger partial charge in [0.05, 0.1) is 11.6 Å². The maximum absolute atomic E-state index is 12.6.